The van der Waals surface area contributed by atoms with Crippen LogP contribution >= 0.6 is 0 Å². The summed E-state index contributed by atoms with van der Waals surface area (Å²) in [5, 5.41) is 0.886. The summed E-state index contributed by atoms with van der Waals surface area (Å²) in [6.45, 7) is 8.39. The van der Waals surface area contributed by atoms with Gasteiger partial charge in [0.15, 0.2) is 0 Å². The number of H-pyrrole nitrogens is 1. The van der Waals surface area contributed by atoms with Crippen molar-refractivity contribution >= 4 is 20.9 Å². The highest BCUT2D eigenvalue weighted by Crippen LogP contribution is 2.28. The highest BCUT2D eigenvalue weighted by Gasteiger charge is 2.32. The molecule has 0 radical (unpaired) electrons. The van der Waals surface area contributed by atoms with Gasteiger partial charge in [0.2, 0.25) is 10.0 Å². The van der Waals surface area contributed by atoms with Gasteiger partial charge in [0.1, 0.15) is 0 Å². The lowest BCUT2D eigenvalue weighted by atomic mass is 10.1. The molecule has 32 heavy (non-hydrogen) atoms. The summed E-state index contributed by atoms with van der Waals surface area (Å²) in [4.78, 5) is 16.1. The fraction of sp³-hybridized carbons (Fsp3) is 0.400. The van der Waals surface area contributed by atoms with E-state index in [1.165, 1.54) is 4.31 Å². The molecule has 170 valence electrons. The first kappa shape index (κ1) is 22.7. The molecule has 0 unspecified atom stereocenters. The number of rotatable bonds is 6. The Morgan fingerprint density at radius 3 is 2.44 bits per heavy atom. The van der Waals surface area contributed by atoms with Crippen molar-refractivity contribution in [2.75, 3.05) is 13.2 Å². The molecule has 1 aliphatic rings. The maximum absolute atomic E-state index is 13.9. The molecule has 1 saturated heterocycles. The normalized spacial score (nSPS) is 16.8. The molecule has 2 heterocycles. The molecule has 0 spiro atoms. The van der Waals surface area contributed by atoms with Crippen LogP contribution in [0.1, 0.15) is 40.7 Å². The quantitative estimate of drug-likeness (QED) is 0.607. The van der Waals surface area contributed by atoms with Gasteiger partial charge in [-0.05, 0) is 68.7 Å². The van der Waals surface area contributed by atoms with Crippen molar-refractivity contribution in [3.8, 4) is 0 Å². The van der Waals surface area contributed by atoms with E-state index in [0.29, 0.717) is 28.2 Å². The zero-order chi connectivity index (χ0) is 23.0. The number of nitrogens with one attached hydrogen (secondary N) is 1. The number of aromatic amines is 1. The number of sulfonamides is 1. The summed E-state index contributed by atoms with van der Waals surface area (Å²) in [5.41, 5.74) is 4.35. The first-order valence-electron chi connectivity index (χ1n) is 11.0. The van der Waals surface area contributed by atoms with E-state index in [0.717, 1.165) is 34.9 Å². The van der Waals surface area contributed by atoms with Gasteiger partial charge in [0, 0.05) is 25.3 Å². The van der Waals surface area contributed by atoms with Crippen molar-refractivity contribution in [1.82, 2.24) is 9.29 Å². The van der Waals surface area contributed by atoms with E-state index < -0.39 is 10.0 Å². The van der Waals surface area contributed by atoms with Crippen molar-refractivity contribution < 1.29 is 13.2 Å². The molecule has 1 atom stereocenters. The number of aryl methyl sites for hydroxylation is 4. The van der Waals surface area contributed by atoms with Crippen molar-refractivity contribution in [3.05, 3.63) is 74.6 Å². The van der Waals surface area contributed by atoms with E-state index in [2.05, 4.69) is 4.98 Å². The van der Waals surface area contributed by atoms with E-state index in [-0.39, 0.29) is 24.8 Å². The largest absolute Gasteiger partial charge is 0.377 e. The van der Waals surface area contributed by atoms with Gasteiger partial charge in [-0.1, -0.05) is 35.9 Å². The number of ether oxygens (including phenoxy) is 1. The van der Waals surface area contributed by atoms with Crippen LogP contribution in [-0.2, 0) is 21.3 Å². The molecule has 0 amide bonds. The molecule has 1 N–H and O–H groups in total. The Balaban J connectivity index is 1.79. The smallest absolute Gasteiger partial charge is 0.252 e. The number of para-hydroxylation sites is 1. The van der Waals surface area contributed by atoms with Gasteiger partial charge < -0.3 is 9.72 Å². The number of hydrogen-bond donors (Lipinski definition) is 1. The van der Waals surface area contributed by atoms with Crippen LogP contribution in [0.2, 0.25) is 0 Å². The van der Waals surface area contributed by atoms with Gasteiger partial charge in [-0.2, -0.15) is 4.31 Å². The Bertz CT molecular complexity index is 1300. The lowest BCUT2D eigenvalue weighted by Crippen LogP contribution is -2.39. The summed E-state index contributed by atoms with van der Waals surface area (Å²) >= 11 is 0. The predicted octanol–water partition coefficient (Wildman–Crippen LogP) is 4.13. The van der Waals surface area contributed by atoms with Crippen LogP contribution in [0.4, 0.5) is 0 Å². The minimum Gasteiger partial charge on any atom is -0.377 e. The van der Waals surface area contributed by atoms with Crippen LogP contribution in [0.5, 0.6) is 0 Å². The number of aromatic nitrogens is 1. The second-order valence-electron chi connectivity index (χ2n) is 8.82. The van der Waals surface area contributed by atoms with E-state index in [4.69, 9.17) is 4.74 Å². The number of fused-ring (bicyclic) bond motifs is 1. The summed E-state index contributed by atoms with van der Waals surface area (Å²) in [6, 6.07) is 11.4. The molecule has 2 aromatic carbocycles. The minimum absolute atomic E-state index is 0.00579. The predicted molar refractivity (Wildman–Crippen MR) is 127 cm³/mol. The molecular weight excluding hydrogens is 424 g/mol. The lowest BCUT2D eigenvalue weighted by Gasteiger charge is -2.26. The minimum atomic E-state index is -3.84. The van der Waals surface area contributed by atoms with Crippen LogP contribution in [0, 0.1) is 27.7 Å². The zero-order valence-electron chi connectivity index (χ0n) is 19.1. The van der Waals surface area contributed by atoms with E-state index in [1.807, 2.05) is 58.0 Å². The van der Waals surface area contributed by atoms with Crippen LogP contribution in [0.15, 0.2) is 46.1 Å². The lowest BCUT2D eigenvalue weighted by molar-refractivity contribution is 0.0925. The highest BCUT2D eigenvalue weighted by molar-refractivity contribution is 7.89. The maximum Gasteiger partial charge on any atom is 0.252 e. The number of benzene rings is 2. The van der Waals surface area contributed by atoms with Gasteiger partial charge >= 0.3 is 0 Å². The molecule has 1 aliphatic heterocycles. The Hall–Kier alpha value is -2.48. The van der Waals surface area contributed by atoms with Gasteiger partial charge in [-0.25, -0.2) is 8.42 Å². The molecule has 7 heteroatoms. The summed E-state index contributed by atoms with van der Waals surface area (Å²) in [7, 11) is -3.84. The fourth-order valence-corrected chi connectivity index (χ4v) is 6.56. The molecule has 1 aromatic heterocycles. The average molecular weight is 455 g/mol. The maximum atomic E-state index is 13.9. The molecule has 0 bridgehead atoms. The monoisotopic (exact) mass is 454 g/mol. The van der Waals surface area contributed by atoms with Gasteiger partial charge in [0.25, 0.3) is 5.56 Å². The van der Waals surface area contributed by atoms with Crippen molar-refractivity contribution in [2.45, 2.75) is 58.1 Å². The topological polar surface area (TPSA) is 79.5 Å². The molecule has 6 nitrogen and oxygen atoms in total. The first-order valence-corrected chi connectivity index (χ1v) is 12.4. The van der Waals surface area contributed by atoms with E-state index >= 15 is 0 Å². The van der Waals surface area contributed by atoms with E-state index in [1.54, 1.807) is 6.07 Å². The van der Waals surface area contributed by atoms with E-state index in [9.17, 15) is 13.2 Å². The molecule has 4 rings (SSSR count). The Morgan fingerprint density at radius 2 is 1.78 bits per heavy atom. The van der Waals surface area contributed by atoms with Gasteiger partial charge in [-0.3, -0.25) is 4.79 Å². The highest BCUT2D eigenvalue weighted by atomic mass is 32.2. The first-order chi connectivity index (χ1) is 15.2. The standard InChI is InChI=1S/C25H30N2O4S/c1-16-11-18(3)24(19(4)12-16)32(29,30)27(15-22-9-6-10-31-22)14-21-13-20-8-5-7-17(2)23(20)26-25(21)28/h5,7-8,11-13,22H,6,9-10,14-15H2,1-4H3,(H,26,28)/t22-/m1/s1. The zero-order valence-corrected chi connectivity index (χ0v) is 19.9. The summed E-state index contributed by atoms with van der Waals surface area (Å²) in [6.07, 6.45) is 1.56. The summed E-state index contributed by atoms with van der Waals surface area (Å²) < 4.78 is 34.9. The second kappa shape index (κ2) is 8.81. The Morgan fingerprint density at radius 1 is 1.06 bits per heavy atom. The summed E-state index contributed by atoms with van der Waals surface area (Å²) in [5.74, 6) is 0. The number of nitrogens with zero attached hydrogens (tertiary/aromatic N) is 1. The van der Waals surface area contributed by atoms with Crippen LogP contribution in [0.3, 0.4) is 0 Å². The molecule has 1 fully saturated rings. The Kier molecular flexibility index (Phi) is 6.25. The fourth-order valence-electron chi connectivity index (χ4n) is 4.70. The van der Waals surface area contributed by atoms with Crippen LogP contribution in [-0.4, -0.2) is 37.0 Å². The van der Waals surface area contributed by atoms with Crippen LogP contribution < -0.4 is 5.56 Å². The molecule has 0 saturated carbocycles. The third kappa shape index (κ3) is 4.37. The number of pyridine rings is 1. The third-order valence-electron chi connectivity index (χ3n) is 6.15. The van der Waals surface area contributed by atoms with Crippen molar-refractivity contribution in [2.24, 2.45) is 0 Å². The van der Waals surface area contributed by atoms with Crippen LogP contribution in [0.25, 0.3) is 10.9 Å². The molecular formula is C25H30N2O4S. The van der Waals surface area contributed by atoms with Crippen molar-refractivity contribution in [3.63, 3.8) is 0 Å². The van der Waals surface area contributed by atoms with Gasteiger partial charge in [-0.15, -0.1) is 0 Å². The SMILES string of the molecule is Cc1cc(C)c(S(=O)(=O)N(Cc2cc3cccc(C)c3[nH]c2=O)C[C@H]2CCCO2)c(C)c1. The average Bonchev–Trinajstić information content (AvgIpc) is 3.21. The Labute approximate surface area is 189 Å². The van der Waals surface area contributed by atoms with Crippen molar-refractivity contribution in [1.29, 1.82) is 0 Å². The molecule has 3 aromatic rings. The third-order valence-corrected chi connectivity index (χ3v) is 8.26. The number of hydrogen-bond acceptors (Lipinski definition) is 4. The second-order valence-corrected chi connectivity index (χ2v) is 10.7. The molecule has 0 aliphatic carbocycles. The van der Waals surface area contributed by atoms with Gasteiger partial charge in [0.05, 0.1) is 16.5 Å².